The van der Waals surface area contributed by atoms with Gasteiger partial charge in [0.2, 0.25) is 5.90 Å². The van der Waals surface area contributed by atoms with E-state index in [9.17, 15) is 0 Å². The van der Waals surface area contributed by atoms with E-state index in [4.69, 9.17) is 10.00 Å². The molecule has 0 saturated heterocycles. The van der Waals surface area contributed by atoms with Crippen molar-refractivity contribution in [3.63, 3.8) is 0 Å². The molecule has 0 aliphatic rings. The molecule has 1 unspecified atom stereocenters. The van der Waals surface area contributed by atoms with Gasteiger partial charge in [0.1, 0.15) is 0 Å². The number of hydrogen-bond donors (Lipinski definition) is 1. The summed E-state index contributed by atoms with van der Waals surface area (Å²) in [5.41, 5.74) is 6.27. The van der Waals surface area contributed by atoms with Crippen LogP contribution in [0.3, 0.4) is 0 Å². The number of ether oxygens (including phenoxy) is 1. The lowest BCUT2D eigenvalue weighted by Crippen LogP contribution is -2.22. The van der Waals surface area contributed by atoms with E-state index in [0.717, 1.165) is 35.0 Å². The fraction of sp³-hybridized carbons (Fsp3) is 0.364. The van der Waals surface area contributed by atoms with Gasteiger partial charge in [-0.05, 0) is 55.3 Å². The van der Waals surface area contributed by atoms with E-state index >= 15 is 0 Å². The third-order valence-electron chi connectivity index (χ3n) is 4.42. The first kappa shape index (κ1) is 22.7. The molecule has 0 radical (unpaired) electrons. The maximum absolute atomic E-state index is 9.06. The minimum atomic E-state index is 0.560. The molecule has 0 heterocycles. The van der Waals surface area contributed by atoms with Crippen molar-refractivity contribution in [2.45, 2.75) is 40.2 Å². The number of benzene rings is 1. The zero-order valence-electron chi connectivity index (χ0n) is 17.0. The van der Waals surface area contributed by atoms with Gasteiger partial charge in [0.15, 0.2) is 0 Å². The monoisotopic (exact) mass is 383 g/mol. The Kier molecular flexibility index (Phi) is 9.54. The quantitative estimate of drug-likeness (QED) is 0.313. The lowest BCUT2D eigenvalue weighted by Gasteiger charge is -2.15. The van der Waals surface area contributed by atoms with Crippen molar-refractivity contribution in [3.8, 4) is 6.07 Å². The summed E-state index contributed by atoms with van der Waals surface area (Å²) in [6.45, 7) is 11.1. The highest BCUT2D eigenvalue weighted by molar-refractivity contribution is 7.27. The predicted octanol–water partition coefficient (Wildman–Crippen LogP) is 4.40. The normalized spacial score (nSPS) is 12.9. The fourth-order valence-electron chi connectivity index (χ4n) is 2.71. The third kappa shape index (κ3) is 6.70. The molecule has 0 aliphatic heterocycles. The first-order valence-electron chi connectivity index (χ1n) is 8.96. The summed E-state index contributed by atoms with van der Waals surface area (Å²) in [6, 6.07) is 7.95. The lowest BCUT2D eigenvalue weighted by atomic mass is 9.98. The second kappa shape index (κ2) is 11.4. The van der Waals surface area contributed by atoms with Crippen LogP contribution in [0.1, 0.15) is 44.7 Å². The van der Waals surface area contributed by atoms with Crippen LogP contribution in [0.15, 0.2) is 58.3 Å². The molecule has 1 aromatic carbocycles. The molecule has 27 heavy (non-hydrogen) atoms. The Bertz CT molecular complexity index is 813. The summed E-state index contributed by atoms with van der Waals surface area (Å²) in [7, 11) is 5.94. The van der Waals surface area contributed by atoms with Crippen LogP contribution in [0, 0.1) is 11.3 Å². The van der Waals surface area contributed by atoms with E-state index < -0.39 is 0 Å². The molecule has 1 N–H and O–H groups in total. The average molecular weight is 383 g/mol. The van der Waals surface area contributed by atoms with Crippen LogP contribution >= 0.6 is 9.24 Å². The van der Waals surface area contributed by atoms with Crippen molar-refractivity contribution in [1.29, 1.82) is 5.26 Å². The van der Waals surface area contributed by atoms with Crippen molar-refractivity contribution in [2.24, 2.45) is 4.99 Å². The average Bonchev–Trinajstić information content (AvgIpc) is 2.65. The summed E-state index contributed by atoms with van der Waals surface area (Å²) in [5, 5.41) is 13.4. The van der Waals surface area contributed by atoms with Crippen molar-refractivity contribution >= 4 is 20.4 Å². The van der Waals surface area contributed by atoms with Gasteiger partial charge in [0.05, 0.1) is 24.4 Å². The number of methoxy groups -OCH3 is 1. The SMILES string of the molecule is C=C(C)/C(C/C=C(/NCc1ccc(C#N)c(P)c1)C(=NC)OC)=C(/C)CC. The van der Waals surface area contributed by atoms with E-state index in [1.807, 2.05) is 25.1 Å². The van der Waals surface area contributed by atoms with E-state index in [2.05, 4.69) is 52.1 Å². The molecular formula is C22H30N3OP. The second-order valence-electron chi connectivity index (χ2n) is 6.33. The van der Waals surface area contributed by atoms with Crippen LogP contribution in [-0.4, -0.2) is 20.1 Å². The Labute approximate surface area is 165 Å². The zero-order chi connectivity index (χ0) is 20.4. The van der Waals surface area contributed by atoms with Gasteiger partial charge >= 0.3 is 0 Å². The molecule has 144 valence electrons. The Morgan fingerprint density at radius 1 is 1.41 bits per heavy atom. The standard InChI is InChI=1S/C22H30N3OP/c1-7-16(4)19(15(2)3)10-11-20(22(24-5)26-6)25-14-17-8-9-18(13-23)21(27)12-17/h8-9,11-12,25H,2,7,10,14,27H2,1,3-6H3/b19-16-,20-11+,24-22?. The van der Waals surface area contributed by atoms with Crippen LogP contribution in [-0.2, 0) is 11.3 Å². The van der Waals surface area contributed by atoms with E-state index in [1.165, 1.54) is 11.1 Å². The summed E-state index contributed by atoms with van der Waals surface area (Å²) in [6.07, 6.45) is 3.86. The fourth-order valence-corrected chi connectivity index (χ4v) is 3.08. The van der Waals surface area contributed by atoms with Gasteiger partial charge in [-0.1, -0.05) is 36.8 Å². The number of aliphatic imine (C=N–C) groups is 1. The molecule has 0 amide bonds. The van der Waals surface area contributed by atoms with E-state index in [-0.39, 0.29) is 0 Å². The molecule has 0 saturated carbocycles. The maximum atomic E-state index is 9.06. The van der Waals surface area contributed by atoms with Gasteiger partial charge in [-0.15, -0.1) is 9.24 Å². The van der Waals surface area contributed by atoms with Crippen molar-refractivity contribution in [3.05, 3.63) is 64.4 Å². The highest BCUT2D eigenvalue weighted by Gasteiger charge is 2.09. The van der Waals surface area contributed by atoms with Crippen LogP contribution in [0.25, 0.3) is 0 Å². The molecule has 1 aromatic rings. The highest BCUT2D eigenvalue weighted by Crippen LogP contribution is 2.20. The number of rotatable bonds is 8. The molecular weight excluding hydrogens is 353 g/mol. The van der Waals surface area contributed by atoms with Crippen LogP contribution in [0.5, 0.6) is 0 Å². The van der Waals surface area contributed by atoms with Crippen molar-refractivity contribution < 1.29 is 4.74 Å². The molecule has 1 atom stereocenters. The zero-order valence-corrected chi connectivity index (χ0v) is 18.2. The summed E-state index contributed by atoms with van der Waals surface area (Å²) in [4.78, 5) is 4.23. The first-order chi connectivity index (χ1) is 12.9. The van der Waals surface area contributed by atoms with E-state index in [1.54, 1.807) is 14.2 Å². The van der Waals surface area contributed by atoms with Gasteiger partial charge in [-0.25, -0.2) is 0 Å². The number of hydrogen-bond acceptors (Lipinski definition) is 4. The molecule has 0 aromatic heterocycles. The highest BCUT2D eigenvalue weighted by atomic mass is 31.0. The van der Waals surface area contributed by atoms with Gasteiger partial charge in [-0.3, -0.25) is 4.99 Å². The predicted molar refractivity (Wildman–Crippen MR) is 118 cm³/mol. The summed E-state index contributed by atoms with van der Waals surface area (Å²) < 4.78 is 5.42. The Balaban J connectivity index is 3.07. The van der Waals surface area contributed by atoms with Crippen LogP contribution < -0.4 is 10.6 Å². The minimum absolute atomic E-state index is 0.560. The first-order valence-corrected chi connectivity index (χ1v) is 9.53. The van der Waals surface area contributed by atoms with Gasteiger partial charge in [0, 0.05) is 13.6 Å². The third-order valence-corrected chi connectivity index (χ3v) is 4.89. The molecule has 1 rings (SSSR count). The smallest absolute Gasteiger partial charge is 0.231 e. The lowest BCUT2D eigenvalue weighted by molar-refractivity contribution is 0.399. The van der Waals surface area contributed by atoms with Crippen LogP contribution in [0.4, 0.5) is 0 Å². The Hall–Kier alpha value is -2.37. The second-order valence-corrected chi connectivity index (χ2v) is 6.96. The van der Waals surface area contributed by atoms with Crippen molar-refractivity contribution in [1.82, 2.24) is 5.32 Å². The minimum Gasteiger partial charge on any atom is -0.480 e. The largest absolute Gasteiger partial charge is 0.480 e. The van der Waals surface area contributed by atoms with Gasteiger partial charge in [-0.2, -0.15) is 5.26 Å². The van der Waals surface area contributed by atoms with Crippen molar-refractivity contribution in [2.75, 3.05) is 14.2 Å². The molecule has 0 spiro atoms. The number of nitrogens with zero attached hydrogens (tertiary/aromatic N) is 2. The number of nitrogens with one attached hydrogen (secondary N) is 1. The maximum Gasteiger partial charge on any atom is 0.231 e. The Morgan fingerprint density at radius 3 is 2.59 bits per heavy atom. The number of allylic oxidation sites excluding steroid dienone is 4. The molecule has 0 fully saturated rings. The molecule has 5 heteroatoms. The topological polar surface area (TPSA) is 57.4 Å². The number of nitriles is 1. The molecule has 0 bridgehead atoms. The summed E-state index contributed by atoms with van der Waals surface area (Å²) in [5.74, 6) is 0.560. The van der Waals surface area contributed by atoms with Gasteiger partial charge in [0.25, 0.3) is 0 Å². The molecule has 4 nitrogen and oxygen atoms in total. The van der Waals surface area contributed by atoms with Crippen LogP contribution in [0.2, 0.25) is 0 Å². The van der Waals surface area contributed by atoms with E-state index in [0.29, 0.717) is 18.0 Å². The van der Waals surface area contributed by atoms with Gasteiger partial charge < -0.3 is 10.1 Å². The molecule has 0 aliphatic carbocycles. The summed E-state index contributed by atoms with van der Waals surface area (Å²) >= 11 is 0. The Morgan fingerprint density at radius 2 is 2.11 bits per heavy atom.